The highest BCUT2D eigenvalue weighted by Crippen LogP contribution is 2.29. The first-order chi connectivity index (χ1) is 11.5. The maximum atomic E-state index is 11.7. The standard InChI is InChI=1S/C20H23ClO3/c1-5-15-8-7-9-18(24-20(22)6-2)16(15)12-23-19-11-17(21)13(3)10-14(19)4/h7-11H,5-6,12H2,1-4H3. The van der Waals surface area contributed by atoms with E-state index in [2.05, 4.69) is 6.92 Å². The number of benzene rings is 2. The van der Waals surface area contributed by atoms with E-state index in [0.29, 0.717) is 23.8 Å². The Morgan fingerprint density at radius 3 is 2.50 bits per heavy atom. The van der Waals surface area contributed by atoms with E-state index in [1.54, 1.807) is 13.0 Å². The summed E-state index contributed by atoms with van der Waals surface area (Å²) in [6, 6.07) is 9.56. The summed E-state index contributed by atoms with van der Waals surface area (Å²) >= 11 is 6.20. The van der Waals surface area contributed by atoms with Crippen molar-refractivity contribution in [3.63, 3.8) is 0 Å². The Morgan fingerprint density at radius 1 is 1.08 bits per heavy atom. The van der Waals surface area contributed by atoms with Gasteiger partial charge in [0.2, 0.25) is 0 Å². The molecule has 0 saturated carbocycles. The van der Waals surface area contributed by atoms with Gasteiger partial charge in [0.05, 0.1) is 0 Å². The lowest BCUT2D eigenvalue weighted by molar-refractivity contribution is -0.134. The number of carbonyl (C=O) groups excluding carboxylic acids is 1. The molecule has 128 valence electrons. The van der Waals surface area contributed by atoms with Gasteiger partial charge in [-0.2, -0.15) is 0 Å². The summed E-state index contributed by atoms with van der Waals surface area (Å²) in [6.07, 6.45) is 1.17. The molecule has 2 rings (SSSR count). The van der Waals surface area contributed by atoms with Crippen LogP contribution in [0.2, 0.25) is 5.02 Å². The first kappa shape index (κ1) is 18.3. The molecule has 24 heavy (non-hydrogen) atoms. The number of rotatable bonds is 6. The molecule has 0 heterocycles. The molecule has 0 atom stereocenters. The predicted octanol–water partition coefficient (Wildman–Crippen LogP) is 5.41. The molecule has 0 aliphatic rings. The molecule has 0 N–H and O–H groups in total. The molecule has 0 aliphatic heterocycles. The van der Waals surface area contributed by atoms with Gasteiger partial charge in [-0.15, -0.1) is 0 Å². The van der Waals surface area contributed by atoms with E-state index in [1.165, 1.54) is 0 Å². The molecule has 0 aliphatic carbocycles. The summed E-state index contributed by atoms with van der Waals surface area (Å²) in [6.45, 7) is 8.13. The van der Waals surface area contributed by atoms with Crippen LogP contribution in [-0.2, 0) is 17.8 Å². The SMILES string of the molecule is CCC(=O)Oc1cccc(CC)c1COc1cc(Cl)c(C)cc1C. The van der Waals surface area contributed by atoms with E-state index in [9.17, 15) is 4.79 Å². The number of aryl methyl sites for hydroxylation is 3. The Hall–Kier alpha value is -2.00. The largest absolute Gasteiger partial charge is 0.488 e. The van der Waals surface area contributed by atoms with Crippen LogP contribution < -0.4 is 9.47 Å². The van der Waals surface area contributed by atoms with Crippen molar-refractivity contribution in [3.05, 3.63) is 57.6 Å². The van der Waals surface area contributed by atoms with Gasteiger partial charge in [0.1, 0.15) is 18.1 Å². The molecule has 2 aromatic rings. The zero-order valence-electron chi connectivity index (χ0n) is 14.6. The van der Waals surface area contributed by atoms with Crippen LogP contribution in [0.3, 0.4) is 0 Å². The van der Waals surface area contributed by atoms with Crippen LogP contribution in [0.5, 0.6) is 11.5 Å². The molecule has 0 unspecified atom stereocenters. The molecule has 0 fully saturated rings. The topological polar surface area (TPSA) is 35.5 Å². The molecule has 0 aromatic heterocycles. The lowest BCUT2D eigenvalue weighted by atomic mass is 10.0. The predicted molar refractivity (Wildman–Crippen MR) is 97.0 cm³/mol. The normalized spacial score (nSPS) is 10.5. The lowest BCUT2D eigenvalue weighted by Crippen LogP contribution is -2.10. The van der Waals surface area contributed by atoms with Gasteiger partial charge in [0.25, 0.3) is 0 Å². The van der Waals surface area contributed by atoms with Crippen molar-refractivity contribution in [2.24, 2.45) is 0 Å². The monoisotopic (exact) mass is 346 g/mol. The van der Waals surface area contributed by atoms with Gasteiger partial charge in [-0.1, -0.05) is 43.6 Å². The first-order valence-corrected chi connectivity index (χ1v) is 8.55. The van der Waals surface area contributed by atoms with Crippen LogP contribution in [0.1, 0.15) is 42.5 Å². The van der Waals surface area contributed by atoms with Crippen molar-refractivity contribution in [3.8, 4) is 11.5 Å². The van der Waals surface area contributed by atoms with E-state index in [4.69, 9.17) is 21.1 Å². The third-order valence-electron chi connectivity index (χ3n) is 3.95. The fourth-order valence-electron chi connectivity index (χ4n) is 2.51. The Morgan fingerprint density at radius 2 is 1.83 bits per heavy atom. The molecule has 0 spiro atoms. The third-order valence-corrected chi connectivity index (χ3v) is 4.36. The summed E-state index contributed by atoms with van der Waals surface area (Å²) in [4.78, 5) is 11.7. The summed E-state index contributed by atoms with van der Waals surface area (Å²) < 4.78 is 11.4. The van der Waals surface area contributed by atoms with Crippen LogP contribution in [0.4, 0.5) is 0 Å². The number of hydrogen-bond donors (Lipinski definition) is 0. The molecule has 2 aromatic carbocycles. The van der Waals surface area contributed by atoms with Gasteiger partial charge in [0.15, 0.2) is 0 Å². The summed E-state index contributed by atoms with van der Waals surface area (Å²) in [5, 5.41) is 0.678. The average molecular weight is 347 g/mol. The second-order valence-electron chi connectivity index (χ2n) is 5.73. The van der Waals surface area contributed by atoms with Crippen LogP contribution >= 0.6 is 11.6 Å². The molecule has 0 bridgehead atoms. The fourth-order valence-corrected chi connectivity index (χ4v) is 2.66. The number of esters is 1. The van der Waals surface area contributed by atoms with E-state index in [1.807, 2.05) is 38.1 Å². The summed E-state index contributed by atoms with van der Waals surface area (Å²) in [5.74, 6) is 1.06. The van der Waals surface area contributed by atoms with Crippen molar-refractivity contribution >= 4 is 17.6 Å². The first-order valence-electron chi connectivity index (χ1n) is 8.17. The van der Waals surface area contributed by atoms with Gasteiger partial charge >= 0.3 is 5.97 Å². The highest BCUT2D eigenvalue weighted by molar-refractivity contribution is 6.31. The lowest BCUT2D eigenvalue weighted by Gasteiger charge is -2.16. The minimum Gasteiger partial charge on any atom is -0.488 e. The smallest absolute Gasteiger partial charge is 0.310 e. The quantitative estimate of drug-likeness (QED) is 0.518. The second-order valence-corrected chi connectivity index (χ2v) is 6.14. The van der Waals surface area contributed by atoms with Crippen molar-refractivity contribution in [1.29, 1.82) is 0 Å². The van der Waals surface area contributed by atoms with Crippen molar-refractivity contribution in [1.82, 2.24) is 0 Å². The van der Waals surface area contributed by atoms with Gasteiger partial charge in [-0.25, -0.2) is 0 Å². The van der Waals surface area contributed by atoms with E-state index in [-0.39, 0.29) is 5.97 Å². The number of hydrogen-bond acceptors (Lipinski definition) is 3. The number of carbonyl (C=O) groups is 1. The zero-order valence-corrected chi connectivity index (χ0v) is 15.4. The minimum absolute atomic E-state index is 0.251. The van der Waals surface area contributed by atoms with Crippen LogP contribution in [0.15, 0.2) is 30.3 Å². The summed E-state index contributed by atoms with van der Waals surface area (Å²) in [7, 11) is 0. The maximum absolute atomic E-state index is 11.7. The van der Waals surface area contributed by atoms with Gasteiger partial charge < -0.3 is 9.47 Å². The third kappa shape index (κ3) is 4.30. The van der Waals surface area contributed by atoms with E-state index >= 15 is 0 Å². The molecule has 3 nitrogen and oxygen atoms in total. The Bertz CT molecular complexity index is 738. The molecule has 0 radical (unpaired) electrons. The Balaban J connectivity index is 2.28. The van der Waals surface area contributed by atoms with Crippen molar-refractivity contribution in [2.75, 3.05) is 0 Å². The van der Waals surface area contributed by atoms with Gasteiger partial charge in [-0.3, -0.25) is 4.79 Å². The van der Waals surface area contributed by atoms with Crippen molar-refractivity contribution in [2.45, 2.75) is 47.1 Å². The van der Waals surface area contributed by atoms with E-state index in [0.717, 1.165) is 34.4 Å². The van der Waals surface area contributed by atoms with Crippen LogP contribution in [-0.4, -0.2) is 5.97 Å². The summed E-state index contributed by atoms with van der Waals surface area (Å²) in [5.41, 5.74) is 4.05. The second kappa shape index (κ2) is 8.20. The maximum Gasteiger partial charge on any atom is 0.310 e. The molecular weight excluding hydrogens is 324 g/mol. The van der Waals surface area contributed by atoms with Crippen LogP contribution in [0, 0.1) is 13.8 Å². The highest BCUT2D eigenvalue weighted by atomic mass is 35.5. The van der Waals surface area contributed by atoms with Gasteiger partial charge in [-0.05, 0) is 49.1 Å². The zero-order chi connectivity index (χ0) is 17.7. The molecule has 0 saturated heterocycles. The highest BCUT2D eigenvalue weighted by Gasteiger charge is 2.13. The Labute approximate surface area is 148 Å². The van der Waals surface area contributed by atoms with E-state index < -0.39 is 0 Å². The minimum atomic E-state index is -0.251. The van der Waals surface area contributed by atoms with Crippen molar-refractivity contribution < 1.29 is 14.3 Å². The Kier molecular flexibility index (Phi) is 6.27. The number of halogens is 1. The molecule has 0 amide bonds. The molecule has 4 heteroatoms. The molecular formula is C20H23ClO3. The fraction of sp³-hybridized carbons (Fsp3) is 0.350. The number of ether oxygens (including phenoxy) is 2. The van der Waals surface area contributed by atoms with Crippen LogP contribution in [0.25, 0.3) is 0 Å². The van der Waals surface area contributed by atoms with Gasteiger partial charge in [0, 0.05) is 17.0 Å². The average Bonchev–Trinajstić information content (AvgIpc) is 2.57.